The third-order valence-corrected chi connectivity index (χ3v) is 8.36. The highest BCUT2D eigenvalue weighted by Gasteiger charge is 2.46. The lowest BCUT2D eigenvalue weighted by atomic mass is 9.69. The molecular weight excluding hydrogens is 565 g/mol. The van der Waals surface area contributed by atoms with Crippen LogP contribution in [0.15, 0.2) is 42.6 Å². The van der Waals surface area contributed by atoms with Crippen LogP contribution in [0.1, 0.15) is 36.7 Å². The minimum absolute atomic E-state index is 0.0152. The quantitative estimate of drug-likeness (QED) is 0.442. The van der Waals surface area contributed by atoms with E-state index in [9.17, 15) is 18.0 Å². The van der Waals surface area contributed by atoms with E-state index in [1.165, 1.54) is 19.2 Å². The summed E-state index contributed by atoms with van der Waals surface area (Å²) >= 11 is 0. The lowest BCUT2D eigenvalue weighted by molar-refractivity contribution is -0.140. The van der Waals surface area contributed by atoms with Gasteiger partial charge in [-0.1, -0.05) is 6.07 Å². The van der Waals surface area contributed by atoms with Crippen LogP contribution in [-0.2, 0) is 22.9 Å². The van der Waals surface area contributed by atoms with E-state index in [1.807, 2.05) is 31.2 Å². The minimum atomic E-state index is -4.64. The van der Waals surface area contributed by atoms with Crippen LogP contribution in [0.3, 0.4) is 0 Å². The van der Waals surface area contributed by atoms with Crippen LogP contribution in [-0.4, -0.2) is 78.5 Å². The molecule has 10 nitrogen and oxygen atoms in total. The number of aromatic nitrogens is 3. The van der Waals surface area contributed by atoms with Crippen LogP contribution >= 0.6 is 0 Å². The van der Waals surface area contributed by atoms with Gasteiger partial charge in [0.05, 0.1) is 42.9 Å². The highest BCUT2D eigenvalue weighted by Crippen LogP contribution is 2.45. The smallest absolute Gasteiger partial charge is 0.435 e. The summed E-state index contributed by atoms with van der Waals surface area (Å²) in [7, 11) is 1.29. The molecule has 0 bridgehead atoms. The van der Waals surface area contributed by atoms with Gasteiger partial charge in [0, 0.05) is 50.4 Å². The molecule has 43 heavy (non-hydrogen) atoms. The molecule has 3 aliphatic heterocycles. The molecule has 0 atom stereocenters. The van der Waals surface area contributed by atoms with Gasteiger partial charge >= 0.3 is 12.3 Å². The average molecular weight is 599 g/mol. The lowest BCUT2D eigenvalue weighted by Crippen LogP contribution is -2.56. The fourth-order valence-electron chi connectivity index (χ4n) is 6.09. The number of fused-ring (bicyclic) bond motifs is 2. The van der Waals surface area contributed by atoms with E-state index in [1.54, 1.807) is 16.0 Å². The van der Waals surface area contributed by atoms with Crippen molar-refractivity contribution in [2.45, 2.75) is 44.0 Å². The second-order valence-corrected chi connectivity index (χ2v) is 11.0. The standard InChI is InChI=1S/C30H33F3N6O4/c1-3-42-27-20(5-4-12-35-27)22-7-6-21-23(36-22)17-39(28(40)43-19-15-34-16-19)18-29(21)10-13-38(14-11-29)24-8-9-25(41-2)37-26(24)30(31,32)33/h4-9,12,19,34H,3,10-11,13-18H2,1-2H3. The predicted molar refractivity (Wildman–Crippen MR) is 151 cm³/mol. The van der Waals surface area contributed by atoms with Gasteiger partial charge in [-0.3, -0.25) is 4.98 Å². The second kappa shape index (κ2) is 11.5. The molecule has 0 unspecified atom stereocenters. The summed E-state index contributed by atoms with van der Waals surface area (Å²) in [5, 5.41) is 3.10. The number of hydrogen-bond donors (Lipinski definition) is 1. The second-order valence-electron chi connectivity index (χ2n) is 11.0. The third kappa shape index (κ3) is 5.65. The Bertz CT molecular complexity index is 1490. The van der Waals surface area contributed by atoms with E-state index >= 15 is 0 Å². The fourth-order valence-corrected chi connectivity index (χ4v) is 6.09. The Hall–Kier alpha value is -4.13. The SMILES string of the molecule is CCOc1ncccc1-c1ccc2c(n1)CN(C(=O)OC1CNC1)CC21CCN(c2ccc(OC)nc2C(F)(F)F)CC1. The molecule has 0 aliphatic carbocycles. The van der Waals surface area contributed by atoms with Crippen molar-refractivity contribution in [3.8, 4) is 23.0 Å². The Morgan fingerprint density at radius 1 is 1.12 bits per heavy atom. The topological polar surface area (TPSA) is 102 Å². The Morgan fingerprint density at radius 2 is 1.91 bits per heavy atom. The summed E-state index contributed by atoms with van der Waals surface area (Å²) in [6.45, 7) is 4.88. The normalized spacial score (nSPS) is 18.2. The van der Waals surface area contributed by atoms with Crippen molar-refractivity contribution in [1.82, 2.24) is 25.2 Å². The molecule has 3 aromatic rings. The van der Waals surface area contributed by atoms with Gasteiger partial charge < -0.3 is 29.3 Å². The number of piperidine rings is 1. The monoisotopic (exact) mass is 598 g/mol. The molecule has 2 fully saturated rings. The number of nitrogens with one attached hydrogen (secondary N) is 1. The molecule has 3 aromatic heterocycles. The number of ether oxygens (including phenoxy) is 3. The average Bonchev–Trinajstić information content (AvgIpc) is 2.98. The van der Waals surface area contributed by atoms with Crippen molar-refractivity contribution in [2.75, 3.05) is 51.3 Å². The van der Waals surface area contributed by atoms with Crippen LogP contribution in [0.4, 0.5) is 23.7 Å². The molecule has 0 aromatic carbocycles. The first-order chi connectivity index (χ1) is 20.7. The first-order valence-electron chi connectivity index (χ1n) is 14.3. The van der Waals surface area contributed by atoms with Gasteiger partial charge in [-0.15, -0.1) is 0 Å². The fraction of sp³-hybridized carbons (Fsp3) is 0.467. The number of amides is 1. The molecule has 6 rings (SSSR count). The van der Waals surface area contributed by atoms with Crippen LogP contribution in [0.5, 0.6) is 11.8 Å². The first-order valence-corrected chi connectivity index (χ1v) is 14.3. The van der Waals surface area contributed by atoms with E-state index in [4.69, 9.17) is 19.2 Å². The minimum Gasteiger partial charge on any atom is -0.481 e. The first kappa shape index (κ1) is 29.0. The Balaban J connectivity index is 1.33. The number of anilines is 1. The van der Waals surface area contributed by atoms with Gasteiger partial charge in [-0.05, 0) is 49.6 Å². The number of pyridine rings is 3. The van der Waals surface area contributed by atoms with Gasteiger partial charge in [-0.2, -0.15) is 13.2 Å². The Kier molecular flexibility index (Phi) is 7.75. The highest BCUT2D eigenvalue weighted by atomic mass is 19.4. The molecule has 1 N–H and O–H groups in total. The number of carbonyl (C=O) groups is 1. The van der Waals surface area contributed by atoms with Gasteiger partial charge in [-0.25, -0.2) is 14.8 Å². The van der Waals surface area contributed by atoms with Crippen LogP contribution in [0.25, 0.3) is 11.3 Å². The van der Waals surface area contributed by atoms with E-state index in [2.05, 4.69) is 15.3 Å². The summed E-state index contributed by atoms with van der Waals surface area (Å²) in [5.41, 5.74) is 1.66. The maximum Gasteiger partial charge on any atom is 0.435 e. The number of carbonyl (C=O) groups excluding carboxylic acids is 1. The number of hydrogen-bond acceptors (Lipinski definition) is 9. The number of halogens is 3. The van der Waals surface area contributed by atoms with Gasteiger partial charge in [0.2, 0.25) is 11.8 Å². The molecule has 6 heterocycles. The van der Waals surface area contributed by atoms with Gasteiger partial charge in [0.25, 0.3) is 0 Å². The van der Waals surface area contributed by atoms with Crippen molar-refractivity contribution in [3.05, 3.63) is 59.5 Å². The zero-order valence-corrected chi connectivity index (χ0v) is 24.0. The highest BCUT2D eigenvalue weighted by molar-refractivity contribution is 5.70. The number of alkyl halides is 3. The molecule has 228 valence electrons. The molecule has 1 amide bonds. The summed E-state index contributed by atoms with van der Waals surface area (Å²) in [4.78, 5) is 29.8. The largest absolute Gasteiger partial charge is 0.481 e. The molecule has 0 saturated carbocycles. The van der Waals surface area contributed by atoms with Crippen molar-refractivity contribution in [3.63, 3.8) is 0 Å². The summed E-state index contributed by atoms with van der Waals surface area (Å²) in [5.74, 6) is 0.378. The summed E-state index contributed by atoms with van der Waals surface area (Å²) in [6.07, 6.45) is -2.56. The Labute approximate surface area is 247 Å². The molecule has 13 heteroatoms. The zero-order valence-electron chi connectivity index (χ0n) is 24.0. The van der Waals surface area contributed by atoms with Crippen LogP contribution < -0.4 is 19.7 Å². The van der Waals surface area contributed by atoms with Crippen molar-refractivity contribution in [1.29, 1.82) is 0 Å². The predicted octanol–water partition coefficient (Wildman–Crippen LogP) is 4.43. The van der Waals surface area contributed by atoms with E-state index < -0.39 is 23.4 Å². The molecule has 1 spiro atoms. The molecule has 0 radical (unpaired) electrons. The van der Waals surface area contributed by atoms with Crippen molar-refractivity contribution < 1.29 is 32.2 Å². The zero-order chi connectivity index (χ0) is 30.2. The number of methoxy groups -OCH3 is 1. The lowest BCUT2D eigenvalue weighted by Gasteiger charge is -2.48. The molecule has 2 saturated heterocycles. The van der Waals surface area contributed by atoms with Crippen LogP contribution in [0.2, 0.25) is 0 Å². The maximum atomic E-state index is 14.0. The molecule has 3 aliphatic rings. The third-order valence-electron chi connectivity index (χ3n) is 8.36. The van der Waals surface area contributed by atoms with E-state index in [-0.39, 0.29) is 24.2 Å². The maximum absolute atomic E-state index is 14.0. The van der Waals surface area contributed by atoms with Crippen molar-refractivity contribution >= 4 is 11.8 Å². The summed E-state index contributed by atoms with van der Waals surface area (Å²) < 4.78 is 58.3. The van der Waals surface area contributed by atoms with Crippen molar-refractivity contribution in [2.24, 2.45) is 0 Å². The molecular formula is C30H33F3N6O4. The Morgan fingerprint density at radius 3 is 2.58 bits per heavy atom. The van der Waals surface area contributed by atoms with Crippen LogP contribution in [0, 0.1) is 0 Å². The van der Waals surface area contributed by atoms with Gasteiger partial charge in [0.1, 0.15) is 6.10 Å². The van der Waals surface area contributed by atoms with E-state index in [0.29, 0.717) is 63.7 Å². The van der Waals surface area contributed by atoms with Gasteiger partial charge in [0.15, 0.2) is 5.69 Å². The number of rotatable bonds is 6. The summed E-state index contributed by atoms with van der Waals surface area (Å²) in [6, 6.07) is 10.5. The number of nitrogens with zero attached hydrogens (tertiary/aromatic N) is 5. The van der Waals surface area contributed by atoms with E-state index in [0.717, 1.165) is 16.8 Å².